The highest BCUT2D eigenvalue weighted by Gasteiger charge is 2.44. The molecule has 5 heteroatoms. The lowest BCUT2D eigenvalue weighted by Gasteiger charge is -2.09. The first kappa shape index (κ1) is 13.3. The fourth-order valence-electron chi connectivity index (χ4n) is 1.88. The van der Waals surface area contributed by atoms with Crippen LogP contribution >= 0.6 is 0 Å². The predicted octanol–water partition coefficient (Wildman–Crippen LogP) is 2.02. The van der Waals surface area contributed by atoms with E-state index in [0.717, 1.165) is 11.3 Å². The quantitative estimate of drug-likeness (QED) is 0.601. The third-order valence-corrected chi connectivity index (χ3v) is 2.96. The van der Waals surface area contributed by atoms with Crippen molar-refractivity contribution in [2.45, 2.75) is 25.9 Å². The summed E-state index contributed by atoms with van der Waals surface area (Å²) in [6.07, 6.45) is -0.499. The van der Waals surface area contributed by atoms with E-state index >= 15 is 0 Å². The molecule has 1 unspecified atom stereocenters. The van der Waals surface area contributed by atoms with Crippen LogP contribution in [0.5, 0.6) is 0 Å². The van der Waals surface area contributed by atoms with Gasteiger partial charge in [-0.1, -0.05) is 43.7 Å². The zero-order valence-electron chi connectivity index (χ0n) is 10.7. The number of unbranched alkanes of at least 4 members (excludes halogenated alkanes) is 1. The molecule has 1 heterocycles. The standard InChI is InChI=1S/C14H15NO4/c1-2-3-9-15-13(17)12(19-14(15)18)11(16)10-7-5-4-6-8-10/h4-8,12H,2-3,9H2,1H3. The fourth-order valence-corrected chi connectivity index (χ4v) is 1.88. The van der Waals surface area contributed by atoms with Gasteiger partial charge in [-0.2, -0.15) is 0 Å². The second kappa shape index (κ2) is 5.65. The Bertz CT molecular complexity index is 497. The van der Waals surface area contributed by atoms with Crippen LogP contribution in [0.3, 0.4) is 0 Å². The minimum atomic E-state index is -1.33. The van der Waals surface area contributed by atoms with E-state index in [4.69, 9.17) is 4.74 Å². The van der Waals surface area contributed by atoms with Crippen molar-refractivity contribution in [3.8, 4) is 0 Å². The number of ketones is 1. The molecule has 0 bridgehead atoms. The van der Waals surface area contributed by atoms with Crippen molar-refractivity contribution in [2.75, 3.05) is 6.54 Å². The zero-order chi connectivity index (χ0) is 13.8. The summed E-state index contributed by atoms with van der Waals surface area (Å²) in [4.78, 5) is 36.7. The first-order valence-corrected chi connectivity index (χ1v) is 6.26. The van der Waals surface area contributed by atoms with Crippen molar-refractivity contribution in [1.82, 2.24) is 4.90 Å². The molecular weight excluding hydrogens is 246 g/mol. The maximum Gasteiger partial charge on any atom is 0.417 e. The minimum absolute atomic E-state index is 0.298. The van der Waals surface area contributed by atoms with Crippen LogP contribution in [0, 0.1) is 0 Å². The summed E-state index contributed by atoms with van der Waals surface area (Å²) in [5.41, 5.74) is 0.367. The summed E-state index contributed by atoms with van der Waals surface area (Å²) in [6, 6.07) is 8.36. The summed E-state index contributed by atoms with van der Waals surface area (Å²) in [5, 5.41) is 0. The van der Waals surface area contributed by atoms with E-state index in [2.05, 4.69) is 0 Å². The van der Waals surface area contributed by atoms with Gasteiger partial charge in [-0.3, -0.25) is 9.59 Å². The number of ether oxygens (including phenoxy) is 1. The molecule has 0 radical (unpaired) electrons. The van der Waals surface area contributed by atoms with Crippen LogP contribution in [0.4, 0.5) is 4.79 Å². The molecule has 1 aliphatic heterocycles. The summed E-state index contributed by atoms with van der Waals surface area (Å²) < 4.78 is 4.89. The van der Waals surface area contributed by atoms with Crippen LogP contribution in [0.25, 0.3) is 0 Å². The predicted molar refractivity (Wildman–Crippen MR) is 67.7 cm³/mol. The van der Waals surface area contributed by atoms with Gasteiger partial charge in [-0.25, -0.2) is 9.69 Å². The molecule has 0 aromatic heterocycles. The lowest BCUT2D eigenvalue weighted by Crippen LogP contribution is -2.35. The van der Waals surface area contributed by atoms with Gasteiger partial charge >= 0.3 is 6.09 Å². The maximum atomic E-state index is 12.1. The van der Waals surface area contributed by atoms with Gasteiger partial charge < -0.3 is 4.74 Å². The van der Waals surface area contributed by atoms with Crippen LogP contribution in [0.2, 0.25) is 0 Å². The van der Waals surface area contributed by atoms with Gasteiger partial charge in [0.05, 0.1) is 0 Å². The van der Waals surface area contributed by atoms with Crippen molar-refractivity contribution in [2.24, 2.45) is 0 Å². The normalized spacial score (nSPS) is 18.6. The van der Waals surface area contributed by atoms with Crippen molar-refractivity contribution in [3.05, 3.63) is 35.9 Å². The smallest absolute Gasteiger partial charge is 0.417 e. The van der Waals surface area contributed by atoms with Crippen LogP contribution in [-0.2, 0) is 9.53 Å². The Morgan fingerprint density at radius 3 is 2.58 bits per heavy atom. The van der Waals surface area contributed by atoms with Crippen LogP contribution in [0.1, 0.15) is 30.1 Å². The van der Waals surface area contributed by atoms with Crippen molar-refractivity contribution in [1.29, 1.82) is 0 Å². The number of Topliss-reactive ketones (excluding diaryl/α,β-unsaturated/α-hetero) is 1. The topological polar surface area (TPSA) is 63.7 Å². The Morgan fingerprint density at radius 1 is 1.26 bits per heavy atom. The zero-order valence-corrected chi connectivity index (χ0v) is 10.7. The highest BCUT2D eigenvalue weighted by atomic mass is 16.6. The van der Waals surface area contributed by atoms with Gasteiger partial charge in [0.1, 0.15) is 0 Å². The number of amides is 2. The van der Waals surface area contributed by atoms with Gasteiger partial charge in [0.25, 0.3) is 5.91 Å². The maximum absolute atomic E-state index is 12.1. The SMILES string of the molecule is CCCCN1C(=O)OC(C(=O)c2ccccc2)C1=O. The average molecular weight is 261 g/mol. The van der Waals surface area contributed by atoms with Gasteiger partial charge in [-0.15, -0.1) is 0 Å². The summed E-state index contributed by atoms with van der Waals surface area (Å²) in [7, 11) is 0. The number of carbonyl (C=O) groups excluding carboxylic acids is 3. The Hall–Kier alpha value is -2.17. The van der Waals surface area contributed by atoms with Crippen LogP contribution < -0.4 is 0 Å². The molecule has 5 nitrogen and oxygen atoms in total. The second-order valence-corrected chi connectivity index (χ2v) is 4.34. The lowest BCUT2D eigenvalue weighted by atomic mass is 10.1. The molecule has 1 aromatic rings. The van der Waals surface area contributed by atoms with Crippen molar-refractivity contribution < 1.29 is 19.1 Å². The van der Waals surface area contributed by atoms with Crippen LogP contribution in [0.15, 0.2) is 30.3 Å². The molecule has 100 valence electrons. The molecule has 19 heavy (non-hydrogen) atoms. The molecule has 1 aliphatic rings. The Balaban J connectivity index is 2.13. The van der Waals surface area contributed by atoms with Gasteiger partial charge in [0, 0.05) is 12.1 Å². The monoisotopic (exact) mass is 261 g/mol. The molecule has 1 atom stereocenters. The molecule has 1 fully saturated rings. The number of rotatable bonds is 5. The highest BCUT2D eigenvalue weighted by Crippen LogP contribution is 2.18. The van der Waals surface area contributed by atoms with E-state index in [1.54, 1.807) is 30.3 Å². The first-order valence-electron chi connectivity index (χ1n) is 6.26. The largest absolute Gasteiger partial charge is 0.427 e. The summed E-state index contributed by atoms with van der Waals surface area (Å²) >= 11 is 0. The van der Waals surface area contributed by atoms with E-state index in [1.807, 2.05) is 6.92 Å². The molecule has 0 aliphatic carbocycles. The van der Waals surface area contributed by atoms with Crippen LogP contribution in [-0.4, -0.2) is 35.3 Å². The van der Waals surface area contributed by atoms with E-state index in [0.29, 0.717) is 18.5 Å². The van der Waals surface area contributed by atoms with Gasteiger partial charge in [0.2, 0.25) is 11.9 Å². The first-order chi connectivity index (χ1) is 9.15. The van der Waals surface area contributed by atoms with E-state index in [-0.39, 0.29) is 0 Å². The number of cyclic esters (lactones) is 1. The highest BCUT2D eigenvalue weighted by molar-refractivity contribution is 6.18. The molecular formula is C14H15NO4. The lowest BCUT2D eigenvalue weighted by molar-refractivity contribution is -0.128. The van der Waals surface area contributed by atoms with Crippen molar-refractivity contribution in [3.63, 3.8) is 0 Å². The number of carbonyl (C=O) groups is 3. The van der Waals surface area contributed by atoms with Gasteiger partial charge in [-0.05, 0) is 6.42 Å². The minimum Gasteiger partial charge on any atom is -0.427 e. The summed E-state index contributed by atoms with van der Waals surface area (Å²) in [5.74, 6) is -1.04. The number of nitrogens with zero attached hydrogens (tertiary/aromatic N) is 1. The molecule has 2 rings (SSSR count). The summed E-state index contributed by atoms with van der Waals surface area (Å²) in [6.45, 7) is 2.26. The third-order valence-electron chi connectivity index (χ3n) is 2.96. The molecule has 2 amide bonds. The van der Waals surface area contributed by atoms with Crippen molar-refractivity contribution >= 4 is 17.8 Å². The average Bonchev–Trinajstić information content (AvgIpc) is 2.72. The molecule has 0 N–H and O–H groups in total. The second-order valence-electron chi connectivity index (χ2n) is 4.34. The fraction of sp³-hybridized carbons (Fsp3) is 0.357. The number of imide groups is 1. The number of hydrogen-bond donors (Lipinski definition) is 0. The number of hydrogen-bond acceptors (Lipinski definition) is 4. The molecule has 0 spiro atoms. The van der Waals surface area contributed by atoms with Gasteiger partial charge in [0.15, 0.2) is 0 Å². The van der Waals surface area contributed by atoms with E-state index < -0.39 is 23.9 Å². The van der Waals surface area contributed by atoms with E-state index in [1.165, 1.54) is 0 Å². The Kier molecular flexibility index (Phi) is 3.94. The Labute approximate surface area is 111 Å². The molecule has 1 saturated heterocycles. The Morgan fingerprint density at radius 2 is 1.95 bits per heavy atom. The molecule has 0 saturated carbocycles. The number of benzene rings is 1. The molecule has 1 aromatic carbocycles. The third kappa shape index (κ3) is 2.65. The van der Waals surface area contributed by atoms with E-state index in [9.17, 15) is 14.4 Å².